The van der Waals surface area contributed by atoms with Gasteiger partial charge in [0.15, 0.2) is 0 Å². The molecule has 2 atom stereocenters. The molecule has 1 heterocycles. The normalized spacial score (nSPS) is 25.2. The van der Waals surface area contributed by atoms with Gasteiger partial charge in [-0.25, -0.2) is 0 Å². The fourth-order valence-corrected chi connectivity index (χ4v) is 2.51. The summed E-state index contributed by atoms with van der Waals surface area (Å²) in [7, 11) is 0. The Morgan fingerprint density at radius 3 is 3.00 bits per heavy atom. The first-order chi connectivity index (χ1) is 7.31. The quantitative estimate of drug-likeness (QED) is 0.667. The van der Waals surface area contributed by atoms with E-state index in [-0.39, 0.29) is 0 Å². The van der Waals surface area contributed by atoms with Gasteiger partial charge in [0, 0.05) is 6.20 Å². The van der Waals surface area contributed by atoms with Gasteiger partial charge in [-0.15, -0.1) is 0 Å². The number of hydrogen-bond acceptors (Lipinski definition) is 2. The smallest absolute Gasteiger partial charge is 0.0623 e. The molecule has 3 nitrogen and oxygen atoms in total. The van der Waals surface area contributed by atoms with E-state index in [1.54, 1.807) is 0 Å². The number of nitrogens with one attached hydrogen (secondary N) is 1. The van der Waals surface area contributed by atoms with E-state index in [1.165, 1.54) is 22.8 Å². The van der Waals surface area contributed by atoms with Crippen LogP contribution in [0, 0.1) is 9.49 Å². The summed E-state index contributed by atoms with van der Waals surface area (Å²) in [6.07, 6.45) is 7.94. The van der Waals surface area contributed by atoms with Crippen molar-refractivity contribution in [3.8, 4) is 0 Å². The minimum atomic E-state index is 0.637. The Morgan fingerprint density at radius 1 is 1.60 bits per heavy atom. The fourth-order valence-electron chi connectivity index (χ4n) is 2.10. The zero-order chi connectivity index (χ0) is 10.7. The van der Waals surface area contributed by atoms with Gasteiger partial charge in [-0.2, -0.15) is 5.10 Å². The minimum Gasteiger partial charge on any atom is -0.316 e. The van der Waals surface area contributed by atoms with Crippen molar-refractivity contribution in [1.29, 1.82) is 0 Å². The molecule has 1 aromatic heterocycles. The number of halogens is 1. The van der Waals surface area contributed by atoms with Gasteiger partial charge in [0.2, 0.25) is 0 Å². The van der Waals surface area contributed by atoms with Crippen LogP contribution in [-0.2, 0) is 0 Å². The molecule has 0 amide bonds. The van der Waals surface area contributed by atoms with E-state index < -0.39 is 0 Å². The molecule has 2 unspecified atom stereocenters. The lowest BCUT2D eigenvalue weighted by Gasteiger charge is -2.36. The van der Waals surface area contributed by atoms with E-state index in [0.717, 1.165) is 19.0 Å². The highest BCUT2D eigenvalue weighted by Crippen LogP contribution is 2.37. The van der Waals surface area contributed by atoms with Crippen molar-refractivity contribution in [2.24, 2.45) is 5.92 Å². The third-order valence-electron chi connectivity index (χ3n) is 3.12. The molecule has 1 saturated carbocycles. The monoisotopic (exact) mass is 319 g/mol. The van der Waals surface area contributed by atoms with Crippen molar-refractivity contribution in [1.82, 2.24) is 15.1 Å². The molecule has 1 aliphatic rings. The first-order valence-corrected chi connectivity index (χ1v) is 6.79. The molecule has 2 rings (SSSR count). The lowest BCUT2D eigenvalue weighted by molar-refractivity contribution is 0.163. The zero-order valence-corrected chi connectivity index (χ0v) is 11.3. The molecule has 1 aliphatic carbocycles. The molecule has 15 heavy (non-hydrogen) atoms. The molecule has 4 heteroatoms. The highest BCUT2D eigenvalue weighted by atomic mass is 127. The molecule has 1 N–H and O–H groups in total. The third-order valence-corrected chi connectivity index (χ3v) is 3.68. The molecular formula is C11H18IN3. The summed E-state index contributed by atoms with van der Waals surface area (Å²) in [6, 6.07) is 0.637. The number of nitrogens with zero attached hydrogens (tertiary/aromatic N) is 2. The van der Waals surface area contributed by atoms with Gasteiger partial charge < -0.3 is 5.32 Å². The predicted octanol–water partition coefficient (Wildman–Crippen LogP) is 2.44. The highest BCUT2D eigenvalue weighted by molar-refractivity contribution is 14.1. The first kappa shape index (κ1) is 11.4. The Labute approximate surface area is 105 Å². The number of hydrogen-bond donors (Lipinski definition) is 1. The molecule has 0 spiro atoms. The SMILES string of the molecule is CCCNCC1CCC1n1cc(I)cn1. The lowest BCUT2D eigenvalue weighted by atomic mass is 9.79. The van der Waals surface area contributed by atoms with Gasteiger partial charge in [0.1, 0.15) is 0 Å². The minimum absolute atomic E-state index is 0.637. The van der Waals surface area contributed by atoms with Crippen LogP contribution in [0.4, 0.5) is 0 Å². The molecule has 0 bridgehead atoms. The summed E-state index contributed by atoms with van der Waals surface area (Å²) in [5.41, 5.74) is 0. The molecule has 1 fully saturated rings. The molecule has 0 aromatic carbocycles. The van der Waals surface area contributed by atoms with Crippen LogP contribution in [0.15, 0.2) is 12.4 Å². The average Bonchev–Trinajstić information content (AvgIpc) is 2.57. The van der Waals surface area contributed by atoms with Crippen molar-refractivity contribution in [2.45, 2.75) is 32.2 Å². The van der Waals surface area contributed by atoms with E-state index in [9.17, 15) is 0 Å². The standard InChI is InChI=1S/C11H18IN3/c1-2-5-13-6-9-3-4-11(9)15-8-10(12)7-14-15/h7-9,11,13H,2-6H2,1H3. The average molecular weight is 319 g/mol. The van der Waals surface area contributed by atoms with Crippen LogP contribution < -0.4 is 5.32 Å². The lowest BCUT2D eigenvalue weighted by Crippen LogP contribution is -2.37. The van der Waals surface area contributed by atoms with E-state index in [2.05, 4.69) is 50.8 Å². The van der Waals surface area contributed by atoms with Crippen molar-refractivity contribution < 1.29 is 0 Å². The maximum Gasteiger partial charge on any atom is 0.0623 e. The molecular weight excluding hydrogens is 301 g/mol. The summed E-state index contributed by atoms with van der Waals surface area (Å²) < 4.78 is 3.38. The number of aromatic nitrogens is 2. The zero-order valence-electron chi connectivity index (χ0n) is 9.12. The largest absolute Gasteiger partial charge is 0.316 e. The van der Waals surface area contributed by atoms with E-state index in [4.69, 9.17) is 0 Å². The van der Waals surface area contributed by atoms with Gasteiger partial charge in [-0.1, -0.05) is 6.92 Å². The fraction of sp³-hybridized carbons (Fsp3) is 0.727. The molecule has 84 valence electrons. The Kier molecular flexibility index (Phi) is 4.02. The molecule has 1 aromatic rings. The summed E-state index contributed by atoms with van der Waals surface area (Å²) in [6.45, 7) is 4.50. The van der Waals surface area contributed by atoms with Crippen LogP contribution in [0.1, 0.15) is 32.2 Å². The van der Waals surface area contributed by atoms with Crippen LogP contribution in [0.5, 0.6) is 0 Å². The second-order valence-corrected chi connectivity index (χ2v) is 5.49. The highest BCUT2D eigenvalue weighted by Gasteiger charge is 2.32. The van der Waals surface area contributed by atoms with Gasteiger partial charge in [-0.3, -0.25) is 4.68 Å². The van der Waals surface area contributed by atoms with Gasteiger partial charge in [0.05, 0.1) is 15.8 Å². The topological polar surface area (TPSA) is 29.9 Å². The van der Waals surface area contributed by atoms with Crippen LogP contribution in [0.3, 0.4) is 0 Å². The van der Waals surface area contributed by atoms with Crippen molar-refractivity contribution in [2.75, 3.05) is 13.1 Å². The maximum absolute atomic E-state index is 4.40. The van der Waals surface area contributed by atoms with Crippen molar-refractivity contribution in [3.63, 3.8) is 0 Å². The molecule has 0 aliphatic heterocycles. The Bertz CT molecular complexity index is 311. The van der Waals surface area contributed by atoms with E-state index in [1.807, 2.05) is 6.20 Å². The molecule has 0 saturated heterocycles. The maximum atomic E-state index is 4.40. The Balaban J connectivity index is 1.83. The van der Waals surface area contributed by atoms with Gasteiger partial charge >= 0.3 is 0 Å². The molecule has 0 radical (unpaired) electrons. The second kappa shape index (κ2) is 5.30. The Hall–Kier alpha value is -0.100. The second-order valence-electron chi connectivity index (χ2n) is 4.25. The predicted molar refractivity (Wildman–Crippen MR) is 69.9 cm³/mol. The van der Waals surface area contributed by atoms with Crippen LogP contribution in [0.2, 0.25) is 0 Å². The van der Waals surface area contributed by atoms with Gasteiger partial charge in [-0.05, 0) is 60.9 Å². The summed E-state index contributed by atoms with van der Waals surface area (Å²) in [5.74, 6) is 0.784. The van der Waals surface area contributed by atoms with Gasteiger partial charge in [0.25, 0.3) is 0 Å². The van der Waals surface area contributed by atoms with Crippen LogP contribution in [-0.4, -0.2) is 22.9 Å². The van der Waals surface area contributed by atoms with E-state index in [0.29, 0.717) is 6.04 Å². The Morgan fingerprint density at radius 2 is 2.47 bits per heavy atom. The number of rotatable bonds is 5. The van der Waals surface area contributed by atoms with Crippen molar-refractivity contribution >= 4 is 22.6 Å². The van der Waals surface area contributed by atoms with E-state index >= 15 is 0 Å². The summed E-state index contributed by atoms with van der Waals surface area (Å²) in [4.78, 5) is 0. The first-order valence-electron chi connectivity index (χ1n) is 5.71. The summed E-state index contributed by atoms with van der Waals surface area (Å²) in [5, 5.41) is 7.90. The van der Waals surface area contributed by atoms with Crippen molar-refractivity contribution in [3.05, 3.63) is 16.0 Å². The van der Waals surface area contributed by atoms with Crippen LogP contribution >= 0.6 is 22.6 Å². The third kappa shape index (κ3) is 2.72. The van der Waals surface area contributed by atoms with Crippen LogP contribution in [0.25, 0.3) is 0 Å². The summed E-state index contributed by atoms with van der Waals surface area (Å²) >= 11 is 2.32.